The SMILES string of the molecule is COc1ccc(-c2cc(C3(N)C=CN=C(NN4CCCCC4)N3)on2)cc1. The van der Waals surface area contributed by atoms with Crippen LogP contribution in [0.1, 0.15) is 25.0 Å². The Bertz CT molecular complexity index is 838. The number of benzene rings is 1. The fourth-order valence-corrected chi connectivity index (χ4v) is 3.22. The summed E-state index contributed by atoms with van der Waals surface area (Å²) < 4.78 is 10.7. The lowest BCUT2D eigenvalue weighted by atomic mass is 10.1. The van der Waals surface area contributed by atoms with Gasteiger partial charge in [0.15, 0.2) is 11.4 Å². The van der Waals surface area contributed by atoms with Gasteiger partial charge in [-0.3, -0.25) is 11.2 Å². The van der Waals surface area contributed by atoms with Crippen LogP contribution in [0.4, 0.5) is 0 Å². The molecule has 4 N–H and O–H groups in total. The van der Waals surface area contributed by atoms with Crippen LogP contribution < -0.4 is 21.2 Å². The van der Waals surface area contributed by atoms with Crippen LogP contribution >= 0.6 is 0 Å². The second kappa shape index (κ2) is 7.42. The molecule has 2 aliphatic heterocycles. The van der Waals surface area contributed by atoms with Crippen molar-refractivity contribution >= 4 is 5.96 Å². The highest BCUT2D eigenvalue weighted by Gasteiger charge is 2.33. The quantitative estimate of drug-likeness (QED) is 0.758. The second-order valence-corrected chi connectivity index (χ2v) is 6.75. The van der Waals surface area contributed by atoms with Gasteiger partial charge in [0, 0.05) is 30.9 Å². The van der Waals surface area contributed by atoms with Gasteiger partial charge in [0.1, 0.15) is 11.4 Å². The molecule has 1 aromatic heterocycles. The number of hydrogen-bond donors (Lipinski definition) is 3. The summed E-state index contributed by atoms with van der Waals surface area (Å²) in [7, 11) is 1.64. The highest BCUT2D eigenvalue weighted by molar-refractivity contribution is 5.82. The van der Waals surface area contributed by atoms with Gasteiger partial charge in [0.25, 0.3) is 0 Å². The molecular formula is C19H24N6O2. The summed E-state index contributed by atoms with van der Waals surface area (Å²) in [6, 6.07) is 9.46. The molecule has 142 valence electrons. The van der Waals surface area contributed by atoms with Gasteiger partial charge in [0.2, 0.25) is 5.96 Å². The van der Waals surface area contributed by atoms with Crippen molar-refractivity contribution in [3.8, 4) is 17.0 Å². The Labute approximate surface area is 158 Å². The van der Waals surface area contributed by atoms with Crippen molar-refractivity contribution in [1.82, 2.24) is 20.9 Å². The number of aromatic nitrogens is 1. The van der Waals surface area contributed by atoms with Crippen LogP contribution in [0.5, 0.6) is 5.75 Å². The van der Waals surface area contributed by atoms with E-state index in [1.807, 2.05) is 30.3 Å². The van der Waals surface area contributed by atoms with Gasteiger partial charge in [-0.2, -0.15) is 0 Å². The van der Waals surface area contributed by atoms with Crippen LogP contribution in [0.2, 0.25) is 0 Å². The topological polar surface area (TPSA) is 101 Å². The van der Waals surface area contributed by atoms with Gasteiger partial charge in [-0.15, -0.1) is 0 Å². The van der Waals surface area contributed by atoms with Gasteiger partial charge >= 0.3 is 0 Å². The van der Waals surface area contributed by atoms with E-state index in [2.05, 4.69) is 25.9 Å². The van der Waals surface area contributed by atoms with E-state index in [1.165, 1.54) is 19.3 Å². The molecule has 0 saturated carbocycles. The van der Waals surface area contributed by atoms with E-state index in [1.54, 1.807) is 19.4 Å². The smallest absolute Gasteiger partial charge is 0.212 e. The number of nitrogens with two attached hydrogens (primary N) is 1. The molecule has 0 aliphatic carbocycles. The molecule has 1 fully saturated rings. The summed E-state index contributed by atoms with van der Waals surface area (Å²) in [5.74, 6) is 1.90. The summed E-state index contributed by atoms with van der Waals surface area (Å²) in [4.78, 5) is 4.34. The van der Waals surface area contributed by atoms with Crippen LogP contribution in [-0.2, 0) is 5.66 Å². The lowest BCUT2D eigenvalue weighted by Gasteiger charge is -2.33. The van der Waals surface area contributed by atoms with Crippen molar-refractivity contribution in [1.29, 1.82) is 0 Å². The first-order valence-corrected chi connectivity index (χ1v) is 9.12. The predicted octanol–water partition coefficient (Wildman–Crippen LogP) is 1.93. The number of hydrazine groups is 1. The molecule has 8 nitrogen and oxygen atoms in total. The Hall–Kier alpha value is -2.84. The largest absolute Gasteiger partial charge is 0.497 e. The Balaban J connectivity index is 1.48. The molecule has 2 aromatic rings. The van der Waals surface area contributed by atoms with Crippen LogP contribution in [0.3, 0.4) is 0 Å². The third kappa shape index (κ3) is 3.81. The van der Waals surface area contributed by atoms with Crippen LogP contribution in [0.25, 0.3) is 11.3 Å². The molecule has 3 heterocycles. The van der Waals surface area contributed by atoms with Gasteiger partial charge in [-0.25, -0.2) is 10.0 Å². The number of ether oxygens (including phenoxy) is 1. The fraction of sp³-hybridized carbons (Fsp3) is 0.368. The zero-order valence-corrected chi connectivity index (χ0v) is 15.3. The van der Waals surface area contributed by atoms with Crippen molar-refractivity contribution in [3.63, 3.8) is 0 Å². The minimum atomic E-state index is -1.02. The standard InChI is InChI=1S/C19H24N6O2/c1-26-15-7-5-14(6-8-15)16-13-17(27-24-16)19(20)9-10-21-18(22-19)23-25-11-3-2-4-12-25/h5-10,13H,2-4,11-12,20H2,1H3,(H2,21,22,23). The van der Waals surface area contributed by atoms with E-state index in [4.69, 9.17) is 15.0 Å². The molecular weight excluding hydrogens is 344 g/mol. The van der Waals surface area contributed by atoms with Gasteiger partial charge in [0.05, 0.1) is 7.11 Å². The zero-order chi connectivity index (χ0) is 18.7. The van der Waals surface area contributed by atoms with E-state index < -0.39 is 5.66 Å². The van der Waals surface area contributed by atoms with Crippen LogP contribution in [-0.4, -0.2) is 36.3 Å². The molecule has 1 unspecified atom stereocenters. The minimum absolute atomic E-state index is 0.511. The van der Waals surface area contributed by atoms with Gasteiger partial charge < -0.3 is 14.6 Å². The maximum absolute atomic E-state index is 6.52. The second-order valence-electron chi connectivity index (χ2n) is 6.75. The highest BCUT2D eigenvalue weighted by Crippen LogP contribution is 2.26. The molecule has 27 heavy (non-hydrogen) atoms. The molecule has 4 rings (SSSR count). The first-order chi connectivity index (χ1) is 13.2. The van der Waals surface area contributed by atoms with E-state index >= 15 is 0 Å². The highest BCUT2D eigenvalue weighted by atomic mass is 16.5. The molecule has 1 atom stereocenters. The zero-order valence-electron chi connectivity index (χ0n) is 15.3. The predicted molar refractivity (Wildman–Crippen MR) is 103 cm³/mol. The maximum Gasteiger partial charge on any atom is 0.212 e. The van der Waals surface area contributed by atoms with E-state index in [-0.39, 0.29) is 0 Å². The number of nitrogens with zero attached hydrogens (tertiary/aromatic N) is 3. The van der Waals surface area contributed by atoms with Crippen molar-refractivity contribution in [3.05, 3.63) is 48.4 Å². The lowest BCUT2D eigenvalue weighted by molar-refractivity contribution is 0.188. The van der Waals surface area contributed by atoms with Crippen LogP contribution in [0, 0.1) is 0 Å². The minimum Gasteiger partial charge on any atom is -0.497 e. The molecule has 8 heteroatoms. The number of hydrogen-bond acceptors (Lipinski definition) is 8. The number of guanidine groups is 1. The summed E-state index contributed by atoms with van der Waals surface area (Å²) in [6.07, 6.45) is 7.06. The summed E-state index contributed by atoms with van der Waals surface area (Å²) in [5.41, 5.74) is 10.4. The van der Waals surface area contributed by atoms with Gasteiger partial charge in [-0.05, 0) is 43.2 Å². The Morgan fingerprint density at radius 3 is 2.74 bits per heavy atom. The number of methoxy groups -OCH3 is 1. The van der Waals surface area contributed by atoms with Crippen molar-refractivity contribution < 1.29 is 9.26 Å². The lowest BCUT2D eigenvalue weighted by Crippen LogP contribution is -2.59. The van der Waals surface area contributed by atoms with Crippen molar-refractivity contribution in [2.75, 3.05) is 20.2 Å². The third-order valence-electron chi connectivity index (χ3n) is 4.79. The Kier molecular flexibility index (Phi) is 4.83. The Morgan fingerprint density at radius 1 is 1.22 bits per heavy atom. The maximum atomic E-state index is 6.52. The monoisotopic (exact) mass is 368 g/mol. The van der Waals surface area contributed by atoms with E-state index in [9.17, 15) is 0 Å². The molecule has 0 radical (unpaired) electrons. The van der Waals surface area contributed by atoms with Crippen LogP contribution in [0.15, 0.2) is 52.1 Å². The molecule has 2 aliphatic rings. The molecule has 0 amide bonds. The first-order valence-electron chi connectivity index (χ1n) is 9.12. The summed E-state index contributed by atoms with van der Waals surface area (Å²) >= 11 is 0. The van der Waals surface area contributed by atoms with E-state index in [0.717, 1.165) is 24.4 Å². The number of aliphatic imine (C=N–C) groups is 1. The first kappa shape index (κ1) is 17.6. The molecule has 1 saturated heterocycles. The fourth-order valence-electron chi connectivity index (χ4n) is 3.22. The molecule has 0 bridgehead atoms. The van der Waals surface area contributed by atoms with Crippen molar-refractivity contribution in [2.45, 2.75) is 24.9 Å². The van der Waals surface area contributed by atoms with E-state index in [0.29, 0.717) is 17.4 Å². The average Bonchev–Trinajstić information content (AvgIpc) is 3.20. The molecule has 0 spiro atoms. The number of nitrogens with one attached hydrogen (secondary N) is 2. The summed E-state index contributed by atoms with van der Waals surface area (Å²) in [6.45, 7) is 1.98. The van der Waals surface area contributed by atoms with Gasteiger partial charge in [-0.1, -0.05) is 11.6 Å². The molecule has 1 aromatic carbocycles. The average molecular weight is 368 g/mol. The Morgan fingerprint density at radius 2 is 2.00 bits per heavy atom. The summed E-state index contributed by atoms with van der Waals surface area (Å²) in [5, 5.41) is 9.52. The number of rotatable bonds is 4. The number of piperidine rings is 1. The third-order valence-corrected chi connectivity index (χ3v) is 4.79. The van der Waals surface area contributed by atoms with Crippen molar-refractivity contribution in [2.24, 2.45) is 10.7 Å². The normalized spacial score (nSPS) is 22.8.